The summed E-state index contributed by atoms with van der Waals surface area (Å²) in [6.45, 7) is 4.08. The summed E-state index contributed by atoms with van der Waals surface area (Å²) in [4.78, 5) is 0. The lowest BCUT2D eigenvalue weighted by molar-refractivity contribution is 0.867. The Morgan fingerprint density at radius 3 is 2.64 bits per heavy atom. The van der Waals surface area contributed by atoms with Gasteiger partial charge in [0.2, 0.25) is 0 Å². The summed E-state index contributed by atoms with van der Waals surface area (Å²) >= 11 is 5.21. The quantitative estimate of drug-likeness (QED) is 0.606. The lowest BCUT2D eigenvalue weighted by atomic mass is 10.2. The van der Waals surface area contributed by atoms with Crippen molar-refractivity contribution in [3.63, 3.8) is 0 Å². The van der Waals surface area contributed by atoms with Gasteiger partial charge in [-0.3, -0.25) is 4.57 Å². The molecule has 0 saturated heterocycles. The number of halogens is 1. The Bertz CT molecular complexity index is 798. The topological polar surface area (TPSA) is 30.7 Å². The summed E-state index contributed by atoms with van der Waals surface area (Å²) in [6.07, 6.45) is 0. The van der Waals surface area contributed by atoms with Crippen LogP contribution in [-0.2, 0) is 5.75 Å². The van der Waals surface area contributed by atoms with E-state index in [1.807, 2.05) is 13.0 Å². The van der Waals surface area contributed by atoms with E-state index in [9.17, 15) is 0 Å². The Morgan fingerprint density at radius 2 is 1.86 bits per heavy atom. The molecule has 0 aliphatic rings. The first-order valence-electron chi connectivity index (χ1n) is 7.00. The van der Waals surface area contributed by atoms with E-state index in [1.165, 1.54) is 11.1 Å². The van der Waals surface area contributed by atoms with E-state index in [0.717, 1.165) is 26.9 Å². The van der Waals surface area contributed by atoms with Gasteiger partial charge >= 0.3 is 0 Å². The fraction of sp³-hybridized carbons (Fsp3) is 0.176. The van der Waals surface area contributed by atoms with Crippen LogP contribution in [0.3, 0.4) is 0 Å². The summed E-state index contributed by atoms with van der Waals surface area (Å²) in [5, 5.41) is 9.48. The second kappa shape index (κ2) is 6.67. The van der Waals surface area contributed by atoms with Crippen LogP contribution in [0.4, 0.5) is 0 Å². The molecule has 0 bridgehead atoms. The minimum Gasteiger partial charge on any atom is -0.274 e. The molecule has 112 valence electrons. The van der Waals surface area contributed by atoms with Crippen molar-refractivity contribution in [2.45, 2.75) is 24.8 Å². The van der Waals surface area contributed by atoms with Gasteiger partial charge in [0.25, 0.3) is 0 Å². The summed E-state index contributed by atoms with van der Waals surface area (Å²) < 4.78 is 3.21. The highest BCUT2D eigenvalue weighted by atomic mass is 79.9. The van der Waals surface area contributed by atoms with E-state index >= 15 is 0 Å². The van der Waals surface area contributed by atoms with Crippen molar-refractivity contribution in [3.05, 3.63) is 70.0 Å². The highest BCUT2D eigenvalue weighted by molar-refractivity contribution is 9.10. The minimum absolute atomic E-state index is 0.864. The summed E-state index contributed by atoms with van der Waals surface area (Å²) in [5.41, 5.74) is 3.60. The summed E-state index contributed by atoms with van der Waals surface area (Å²) in [5.74, 6) is 1.77. The van der Waals surface area contributed by atoms with Crippen LogP contribution in [0.25, 0.3) is 5.69 Å². The van der Waals surface area contributed by atoms with E-state index in [1.54, 1.807) is 11.8 Å². The Balaban J connectivity index is 1.86. The van der Waals surface area contributed by atoms with Crippen LogP contribution in [0.1, 0.15) is 17.0 Å². The molecule has 1 heterocycles. The second-order valence-electron chi connectivity index (χ2n) is 5.12. The predicted octanol–water partition coefficient (Wildman–Crippen LogP) is 4.94. The third kappa shape index (κ3) is 3.42. The Labute approximate surface area is 142 Å². The lowest BCUT2D eigenvalue weighted by Crippen LogP contribution is -1.99. The monoisotopic (exact) mass is 373 g/mol. The second-order valence-corrected chi connectivity index (χ2v) is 6.98. The van der Waals surface area contributed by atoms with Crippen molar-refractivity contribution in [1.29, 1.82) is 0 Å². The first-order chi connectivity index (χ1) is 10.6. The molecule has 0 fully saturated rings. The largest absolute Gasteiger partial charge is 0.274 e. The van der Waals surface area contributed by atoms with Crippen LogP contribution in [0.15, 0.2) is 58.2 Å². The Hall–Kier alpha value is -1.59. The molecule has 0 amide bonds. The molecular weight excluding hydrogens is 358 g/mol. The van der Waals surface area contributed by atoms with Gasteiger partial charge in [-0.05, 0) is 49.2 Å². The maximum atomic E-state index is 4.32. The third-order valence-electron chi connectivity index (χ3n) is 3.31. The van der Waals surface area contributed by atoms with E-state index in [2.05, 4.69) is 80.1 Å². The van der Waals surface area contributed by atoms with Crippen LogP contribution in [0, 0.1) is 13.8 Å². The average molecular weight is 374 g/mol. The molecule has 2 aromatic carbocycles. The molecule has 0 saturated carbocycles. The van der Waals surface area contributed by atoms with Gasteiger partial charge in [0.15, 0.2) is 5.16 Å². The van der Waals surface area contributed by atoms with Crippen LogP contribution in [-0.4, -0.2) is 14.8 Å². The average Bonchev–Trinajstić information content (AvgIpc) is 2.86. The SMILES string of the molecule is Cc1cccc(-n2c(C)nnc2SCc2cccc(Br)c2)c1. The number of aromatic nitrogens is 3. The van der Waals surface area contributed by atoms with Crippen molar-refractivity contribution in [2.24, 2.45) is 0 Å². The standard InChI is InChI=1S/C17H16BrN3S/c1-12-5-3-8-16(9-12)21-13(2)19-20-17(21)22-11-14-6-4-7-15(18)10-14/h3-10H,11H2,1-2H3. The lowest BCUT2D eigenvalue weighted by Gasteiger charge is -2.09. The minimum atomic E-state index is 0.864. The predicted molar refractivity (Wildman–Crippen MR) is 94.5 cm³/mol. The molecule has 0 spiro atoms. The molecule has 0 aliphatic carbocycles. The van der Waals surface area contributed by atoms with Crippen molar-refractivity contribution in [2.75, 3.05) is 0 Å². The molecule has 0 atom stereocenters. The summed E-state index contributed by atoms with van der Waals surface area (Å²) in [6, 6.07) is 16.7. The number of nitrogens with zero attached hydrogens (tertiary/aromatic N) is 3. The smallest absolute Gasteiger partial charge is 0.196 e. The van der Waals surface area contributed by atoms with Gasteiger partial charge in [0.1, 0.15) is 5.82 Å². The van der Waals surface area contributed by atoms with Crippen LogP contribution in [0.5, 0.6) is 0 Å². The van der Waals surface area contributed by atoms with Gasteiger partial charge in [-0.25, -0.2) is 0 Å². The van der Waals surface area contributed by atoms with Gasteiger partial charge in [-0.15, -0.1) is 10.2 Å². The first-order valence-corrected chi connectivity index (χ1v) is 8.77. The van der Waals surface area contributed by atoms with Crippen molar-refractivity contribution in [1.82, 2.24) is 14.8 Å². The fourth-order valence-corrected chi connectivity index (χ4v) is 3.66. The molecule has 0 radical (unpaired) electrons. The molecule has 0 aliphatic heterocycles. The normalized spacial score (nSPS) is 10.9. The van der Waals surface area contributed by atoms with Gasteiger partial charge in [-0.1, -0.05) is 52.0 Å². The molecule has 3 aromatic rings. The first kappa shape index (κ1) is 15.3. The molecule has 22 heavy (non-hydrogen) atoms. The van der Waals surface area contributed by atoms with Crippen LogP contribution in [0.2, 0.25) is 0 Å². The number of benzene rings is 2. The fourth-order valence-electron chi connectivity index (χ4n) is 2.28. The van der Waals surface area contributed by atoms with Crippen molar-refractivity contribution >= 4 is 27.7 Å². The number of hydrogen-bond acceptors (Lipinski definition) is 3. The van der Waals surface area contributed by atoms with Crippen molar-refractivity contribution in [3.8, 4) is 5.69 Å². The number of aryl methyl sites for hydroxylation is 2. The molecule has 5 heteroatoms. The molecular formula is C17H16BrN3S. The van der Waals surface area contributed by atoms with Gasteiger partial charge in [-0.2, -0.15) is 0 Å². The van der Waals surface area contributed by atoms with Gasteiger partial charge < -0.3 is 0 Å². The van der Waals surface area contributed by atoms with Crippen LogP contribution < -0.4 is 0 Å². The van der Waals surface area contributed by atoms with Gasteiger partial charge in [0.05, 0.1) is 0 Å². The highest BCUT2D eigenvalue weighted by Crippen LogP contribution is 2.26. The van der Waals surface area contributed by atoms with Gasteiger partial charge in [0, 0.05) is 15.9 Å². The molecule has 3 rings (SSSR count). The van der Waals surface area contributed by atoms with E-state index < -0.39 is 0 Å². The molecule has 0 N–H and O–H groups in total. The highest BCUT2D eigenvalue weighted by Gasteiger charge is 2.11. The summed E-state index contributed by atoms with van der Waals surface area (Å²) in [7, 11) is 0. The zero-order chi connectivity index (χ0) is 15.5. The number of thioether (sulfide) groups is 1. The molecule has 3 nitrogen and oxygen atoms in total. The van der Waals surface area contributed by atoms with E-state index in [0.29, 0.717) is 0 Å². The Kier molecular flexibility index (Phi) is 4.64. The van der Waals surface area contributed by atoms with E-state index in [4.69, 9.17) is 0 Å². The molecule has 1 aromatic heterocycles. The van der Waals surface area contributed by atoms with Crippen LogP contribution >= 0.6 is 27.7 Å². The zero-order valence-corrected chi connectivity index (χ0v) is 14.9. The Morgan fingerprint density at radius 1 is 1.05 bits per heavy atom. The molecule has 0 unspecified atom stereocenters. The van der Waals surface area contributed by atoms with Crippen molar-refractivity contribution < 1.29 is 0 Å². The third-order valence-corrected chi connectivity index (χ3v) is 4.81. The maximum Gasteiger partial charge on any atom is 0.196 e. The number of hydrogen-bond donors (Lipinski definition) is 0. The number of rotatable bonds is 4. The zero-order valence-electron chi connectivity index (χ0n) is 12.5. The van der Waals surface area contributed by atoms with E-state index in [-0.39, 0.29) is 0 Å². The maximum absolute atomic E-state index is 4.32.